The number of carbonyl (C=O) groups is 1. The van der Waals surface area contributed by atoms with Crippen LogP contribution in [0.3, 0.4) is 0 Å². The molecular formula is C19H24N2O2S. The van der Waals surface area contributed by atoms with Crippen LogP contribution in [-0.2, 0) is 6.61 Å². The molecule has 1 aliphatic carbocycles. The first-order valence-corrected chi connectivity index (χ1v) is 9.51. The molecule has 24 heavy (non-hydrogen) atoms. The largest absolute Gasteiger partial charge is 0.486 e. The highest BCUT2D eigenvalue weighted by molar-refractivity contribution is 7.09. The van der Waals surface area contributed by atoms with Crippen LogP contribution in [0.4, 0.5) is 0 Å². The molecule has 0 saturated heterocycles. The molecule has 1 aliphatic rings. The molecule has 0 atom stereocenters. The lowest BCUT2D eigenvalue weighted by Crippen LogP contribution is -2.30. The maximum Gasteiger partial charge on any atom is 0.251 e. The molecule has 0 spiro atoms. The van der Waals surface area contributed by atoms with Crippen molar-refractivity contribution in [2.45, 2.75) is 45.6 Å². The number of amides is 1. The van der Waals surface area contributed by atoms with Crippen molar-refractivity contribution >= 4 is 17.2 Å². The normalized spacial score (nSPS) is 15.2. The summed E-state index contributed by atoms with van der Waals surface area (Å²) in [5, 5.41) is 6.03. The zero-order chi connectivity index (χ0) is 16.8. The number of carbonyl (C=O) groups excluding carboxylic acids is 1. The van der Waals surface area contributed by atoms with Gasteiger partial charge in [0.25, 0.3) is 5.91 Å². The lowest BCUT2D eigenvalue weighted by molar-refractivity contribution is 0.0943. The van der Waals surface area contributed by atoms with Crippen molar-refractivity contribution < 1.29 is 9.53 Å². The third kappa shape index (κ3) is 4.81. The number of ether oxygens (including phenoxy) is 1. The summed E-state index contributed by atoms with van der Waals surface area (Å²) in [4.78, 5) is 16.6. The molecule has 5 heteroatoms. The van der Waals surface area contributed by atoms with Gasteiger partial charge in [0, 0.05) is 23.2 Å². The van der Waals surface area contributed by atoms with E-state index in [4.69, 9.17) is 4.74 Å². The van der Waals surface area contributed by atoms with Crippen molar-refractivity contribution in [1.29, 1.82) is 0 Å². The molecule has 4 nitrogen and oxygen atoms in total. The topological polar surface area (TPSA) is 51.2 Å². The number of nitrogens with zero attached hydrogens (tertiary/aromatic N) is 1. The molecule has 0 radical (unpaired) electrons. The number of thiazole rings is 1. The fourth-order valence-corrected chi connectivity index (χ4v) is 3.73. The predicted molar refractivity (Wildman–Crippen MR) is 96.5 cm³/mol. The summed E-state index contributed by atoms with van der Waals surface area (Å²) in [5.41, 5.74) is 1.70. The monoisotopic (exact) mass is 344 g/mol. The van der Waals surface area contributed by atoms with Gasteiger partial charge in [0.2, 0.25) is 0 Å². The van der Waals surface area contributed by atoms with Crippen LogP contribution in [0.15, 0.2) is 29.6 Å². The fourth-order valence-electron chi connectivity index (χ4n) is 3.05. The van der Waals surface area contributed by atoms with Gasteiger partial charge >= 0.3 is 0 Å². The van der Waals surface area contributed by atoms with E-state index in [1.54, 1.807) is 11.3 Å². The van der Waals surface area contributed by atoms with Crippen LogP contribution < -0.4 is 10.1 Å². The van der Waals surface area contributed by atoms with Crippen molar-refractivity contribution in [3.05, 3.63) is 45.9 Å². The van der Waals surface area contributed by atoms with Gasteiger partial charge in [-0.2, -0.15) is 0 Å². The first-order chi connectivity index (χ1) is 11.7. The first-order valence-electron chi connectivity index (χ1n) is 8.63. The molecule has 1 saturated carbocycles. The number of nitrogens with one attached hydrogen (secondary N) is 1. The molecule has 1 fully saturated rings. The van der Waals surface area contributed by atoms with Crippen LogP contribution in [0.2, 0.25) is 0 Å². The van der Waals surface area contributed by atoms with Crippen LogP contribution in [0.25, 0.3) is 0 Å². The van der Waals surface area contributed by atoms with Crippen LogP contribution in [-0.4, -0.2) is 17.4 Å². The number of aromatic nitrogens is 1. The highest BCUT2D eigenvalue weighted by atomic mass is 32.1. The van der Waals surface area contributed by atoms with E-state index >= 15 is 0 Å². The molecular weight excluding hydrogens is 320 g/mol. The van der Waals surface area contributed by atoms with Crippen molar-refractivity contribution in [1.82, 2.24) is 10.3 Å². The average Bonchev–Trinajstić information content (AvgIpc) is 3.04. The molecule has 0 bridgehead atoms. The van der Waals surface area contributed by atoms with E-state index in [2.05, 4.69) is 10.3 Å². The van der Waals surface area contributed by atoms with Crippen molar-refractivity contribution in [2.75, 3.05) is 6.54 Å². The number of aryl methyl sites for hydroxylation is 1. The quantitative estimate of drug-likeness (QED) is 0.848. The highest BCUT2D eigenvalue weighted by Gasteiger charge is 2.14. The van der Waals surface area contributed by atoms with E-state index in [0.717, 1.165) is 23.0 Å². The van der Waals surface area contributed by atoms with E-state index in [0.29, 0.717) is 18.1 Å². The highest BCUT2D eigenvalue weighted by Crippen LogP contribution is 2.23. The minimum absolute atomic E-state index is 0.00247. The minimum atomic E-state index is 0.00247. The van der Waals surface area contributed by atoms with Crippen LogP contribution in [0, 0.1) is 12.8 Å². The number of benzene rings is 1. The second-order valence-corrected chi connectivity index (χ2v) is 7.35. The zero-order valence-corrected chi connectivity index (χ0v) is 14.9. The maximum absolute atomic E-state index is 12.2. The molecule has 1 amide bonds. The van der Waals surface area contributed by atoms with Crippen molar-refractivity contribution in [3.63, 3.8) is 0 Å². The Kier molecular flexibility index (Phi) is 5.86. The summed E-state index contributed by atoms with van der Waals surface area (Å²) in [6.45, 7) is 3.23. The van der Waals surface area contributed by atoms with Gasteiger partial charge in [0.05, 0.1) is 0 Å². The van der Waals surface area contributed by atoms with Crippen molar-refractivity contribution in [2.24, 2.45) is 5.92 Å². The maximum atomic E-state index is 12.2. The lowest BCUT2D eigenvalue weighted by atomic mass is 9.89. The minimum Gasteiger partial charge on any atom is -0.486 e. The van der Waals surface area contributed by atoms with Gasteiger partial charge in [-0.3, -0.25) is 4.79 Å². The number of hydrogen-bond donors (Lipinski definition) is 1. The molecule has 3 rings (SSSR count). The van der Waals surface area contributed by atoms with Gasteiger partial charge in [0.1, 0.15) is 17.4 Å². The summed E-state index contributed by atoms with van der Waals surface area (Å²) >= 11 is 1.60. The van der Waals surface area contributed by atoms with E-state index in [1.165, 1.54) is 32.1 Å². The summed E-state index contributed by atoms with van der Waals surface area (Å²) in [6.07, 6.45) is 6.41. The molecule has 1 aromatic heterocycles. The Morgan fingerprint density at radius 2 is 2.00 bits per heavy atom. The molecule has 0 unspecified atom stereocenters. The van der Waals surface area contributed by atoms with Crippen LogP contribution in [0.1, 0.15) is 53.2 Å². The van der Waals surface area contributed by atoms with Gasteiger partial charge in [0.15, 0.2) is 0 Å². The summed E-state index contributed by atoms with van der Waals surface area (Å²) in [5.74, 6) is 1.40. The Hall–Kier alpha value is -1.88. The number of hydrogen-bond acceptors (Lipinski definition) is 4. The van der Waals surface area contributed by atoms with E-state index < -0.39 is 0 Å². The summed E-state index contributed by atoms with van der Waals surface area (Å²) in [7, 11) is 0. The third-order valence-electron chi connectivity index (χ3n) is 4.42. The SMILES string of the molecule is Cc1csc(COc2ccc(C(=O)NCC3CCCCC3)cc2)n1. The molecule has 0 aliphatic heterocycles. The summed E-state index contributed by atoms with van der Waals surface area (Å²) < 4.78 is 5.71. The second kappa shape index (κ2) is 8.29. The number of rotatable bonds is 6. The van der Waals surface area contributed by atoms with Crippen LogP contribution >= 0.6 is 11.3 Å². The Balaban J connectivity index is 1.47. The van der Waals surface area contributed by atoms with Crippen molar-refractivity contribution in [3.8, 4) is 5.75 Å². The van der Waals surface area contributed by atoms with Gasteiger partial charge in [-0.1, -0.05) is 19.3 Å². The van der Waals surface area contributed by atoms with E-state index in [1.807, 2.05) is 36.6 Å². The Morgan fingerprint density at radius 3 is 2.67 bits per heavy atom. The van der Waals surface area contributed by atoms with Gasteiger partial charge in [-0.05, 0) is 49.9 Å². The average molecular weight is 344 g/mol. The van der Waals surface area contributed by atoms with Gasteiger partial charge < -0.3 is 10.1 Å². The molecule has 128 valence electrons. The van der Waals surface area contributed by atoms with E-state index in [-0.39, 0.29) is 5.91 Å². The third-order valence-corrected chi connectivity index (χ3v) is 5.36. The van der Waals surface area contributed by atoms with Gasteiger partial charge in [-0.15, -0.1) is 11.3 Å². The predicted octanol–water partition coefficient (Wildman–Crippen LogP) is 4.34. The summed E-state index contributed by atoms with van der Waals surface area (Å²) in [6, 6.07) is 7.32. The molecule has 1 N–H and O–H groups in total. The fraction of sp³-hybridized carbons (Fsp3) is 0.474. The van der Waals surface area contributed by atoms with E-state index in [9.17, 15) is 4.79 Å². The Morgan fingerprint density at radius 1 is 1.25 bits per heavy atom. The standard InChI is InChI=1S/C19H24N2O2S/c1-14-13-24-18(21-14)12-23-17-9-7-16(8-10-17)19(22)20-11-15-5-3-2-4-6-15/h7-10,13,15H,2-6,11-12H2,1H3,(H,20,22). The second-order valence-electron chi connectivity index (χ2n) is 6.41. The molecule has 1 aromatic carbocycles. The van der Waals surface area contributed by atoms with Crippen LogP contribution in [0.5, 0.6) is 5.75 Å². The zero-order valence-electron chi connectivity index (χ0n) is 14.1. The molecule has 1 heterocycles. The molecule has 2 aromatic rings. The Labute approximate surface area is 147 Å². The first kappa shape index (κ1) is 17.0. The Bertz CT molecular complexity index is 660. The van der Waals surface area contributed by atoms with Gasteiger partial charge in [-0.25, -0.2) is 4.98 Å². The lowest BCUT2D eigenvalue weighted by Gasteiger charge is -2.21. The smallest absolute Gasteiger partial charge is 0.251 e.